The molecule has 5 heteroatoms. The minimum atomic E-state index is -1.10. The Morgan fingerprint density at radius 3 is 2.24 bits per heavy atom. The molecule has 0 aromatic heterocycles. The van der Waals surface area contributed by atoms with Crippen molar-refractivity contribution >= 4 is 17.7 Å². The molecule has 0 aliphatic heterocycles. The van der Waals surface area contributed by atoms with E-state index in [0.717, 1.165) is 0 Å². The molecule has 0 saturated carbocycles. The van der Waals surface area contributed by atoms with Gasteiger partial charge < -0.3 is 9.47 Å². The number of hydrogen-bond donors (Lipinski definition) is 0. The first-order valence-electron chi connectivity index (χ1n) is 4.94. The highest BCUT2D eigenvalue weighted by Crippen LogP contribution is 2.03. The minimum absolute atomic E-state index is 0.217. The summed E-state index contributed by atoms with van der Waals surface area (Å²) in [5.74, 6) is -2.57. The Morgan fingerprint density at radius 2 is 1.71 bits per heavy atom. The summed E-state index contributed by atoms with van der Waals surface area (Å²) in [7, 11) is 1.17. The van der Waals surface area contributed by atoms with Gasteiger partial charge in [0.05, 0.1) is 7.11 Å². The zero-order valence-corrected chi connectivity index (χ0v) is 9.51. The number of carbonyl (C=O) groups is 3. The van der Waals surface area contributed by atoms with Gasteiger partial charge in [-0.3, -0.25) is 4.79 Å². The van der Waals surface area contributed by atoms with Gasteiger partial charge in [-0.2, -0.15) is 0 Å². The van der Waals surface area contributed by atoms with Crippen LogP contribution in [0.2, 0.25) is 0 Å². The van der Waals surface area contributed by atoms with Crippen LogP contribution in [-0.4, -0.2) is 30.9 Å². The zero-order chi connectivity index (χ0) is 12.8. The van der Waals surface area contributed by atoms with Gasteiger partial charge in [0.15, 0.2) is 6.10 Å². The van der Waals surface area contributed by atoms with Gasteiger partial charge in [-0.15, -0.1) is 0 Å². The molecule has 17 heavy (non-hydrogen) atoms. The number of esters is 2. The molecule has 1 aromatic carbocycles. The van der Waals surface area contributed by atoms with Crippen LogP contribution in [0.25, 0.3) is 0 Å². The fraction of sp³-hybridized carbons (Fsp3) is 0.250. The summed E-state index contributed by atoms with van der Waals surface area (Å²) in [5.41, 5.74) is 0.217. The van der Waals surface area contributed by atoms with Gasteiger partial charge >= 0.3 is 11.9 Å². The van der Waals surface area contributed by atoms with E-state index in [9.17, 15) is 14.4 Å². The number of methoxy groups -OCH3 is 1. The van der Waals surface area contributed by atoms with Gasteiger partial charge in [0.2, 0.25) is 0 Å². The van der Waals surface area contributed by atoms with E-state index in [2.05, 4.69) is 9.47 Å². The summed E-state index contributed by atoms with van der Waals surface area (Å²) in [6.07, 6.45) is -1.10. The van der Waals surface area contributed by atoms with Crippen LogP contribution in [-0.2, 0) is 19.1 Å². The van der Waals surface area contributed by atoms with Crippen LogP contribution in [0, 0.1) is 0 Å². The first-order valence-corrected chi connectivity index (χ1v) is 4.94. The number of rotatable bonds is 4. The second kappa shape index (κ2) is 5.79. The monoisotopic (exact) mass is 236 g/mol. The summed E-state index contributed by atoms with van der Waals surface area (Å²) in [6, 6.07) is 7.96. The first kappa shape index (κ1) is 12.9. The molecule has 1 atom stereocenters. The number of hydrogen-bond acceptors (Lipinski definition) is 5. The molecule has 90 valence electrons. The van der Waals surface area contributed by atoms with E-state index in [0.29, 0.717) is 0 Å². The van der Waals surface area contributed by atoms with Crippen LogP contribution in [0.5, 0.6) is 0 Å². The largest absolute Gasteiger partial charge is 0.466 e. The van der Waals surface area contributed by atoms with Gasteiger partial charge in [0, 0.05) is 5.56 Å². The first-order chi connectivity index (χ1) is 8.06. The molecule has 0 spiro atoms. The van der Waals surface area contributed by atoms with Crippen molar-refractivity contribution in [1.82, 2.24) is 0 Å². The molecule has 0 fully saturated rings. The average molecular weight is 236 g/mol. The highest BCUT2D eigenvalue weighted by molar-refractivity contribution is 6.40. The molecule has 0 saturated heterocycles. The van der Waals surface area contributed by atoms with E-state index in [1.165, 1.54) is 26.2 Å². The Balaban J connectivity index is 2.66. The number of carbonyl (C=O) groups excluding carboxylic acids is 3. The molecule has 1 aromatic rings. The van der Waals surface area contributed by atoms with Crippen LogP contribution in [0.15, 0.2) is 30.3 Å². The van der Waals surface area contributed by atoms with Gasteiger partial charge in [0.25, 0.3) is 5.78 Å². The Hall–Kier alpha value is -2.17. The zero-order valence-electron chi connectivity index (χ0n) is 9.51. The third-order valence-corrected chi connectivity index (χ3v) is 2.04. The van der Waals surface area contributed by atoms with E-state index in [1.807, 2.05) is 0 Å². The Morgan fingerprint density at radius 1 is 1.12 bits per heavy atom. The van der Waals surface area contributed by atoms with Crippen LogP contribution < -0.4 is 0 Å². The Bertz CT molecular complexity index is 424. The SMILES string of the molecule is COC(=O)[C@H](C)OC(=O)C(=O)c1ccccc1. The molecule has 1 rings (SSSR count). The van der Waals surface area contributed by atoms with Crippen LogP contribution in [0.1, 0.15) is 17.3 Å². The lowest BCUT2D eigenvalue weighted by Crippen LogP contribution is -2.29. The summed E-state index contributed by atoms with van der Waals surface area (Å²) in [6.45, 7) is 1.34. The highest BCUT2D eigenvalue weighted by atomic mass is 16.6. The normalized spacial score (nSPS) is 11.4. The number of ketones is 1. The van der Waals surface area contributed by atoms with Crippen molar-refractivity contribution in [3.8, 4) is 0 Å². The van der Waals surface area contributed by atoms with E-state index in [4.69, 9.17) is 0 Å². The van der Waals surface area contributed by atoms with Crippen molar-refractivity contribution < 1.29 is 23.9 Å². The molecule has 0 N–H and O–H groups in total. The van der Waals surface area contributed by atoms with E-state index < -0.39 is 23.8 Å². The Labute approximate surface area is 98.3 Å². The molecule has 0 aliphatic carbocycles. The molecule has 0 aliphatic rings. The molecular weight excluding hydrogens is 224 g/mol. The van der Waals surface area contributed by atoms with E-state index in [-0.39, 0.29) is 5.56 Å². The van der Waals surface area contributed by atoms with Gasteiger partial charge in [-0.25, -0.2) is 9.59 Å². The van der Waals surface area contributed by atoms with E-state index >= 15 is 0 Å². The quantitative estimate of drug-likeness (QED) is 0.442. The molecule has 0 heterocycles. The van der Waals surface area contributed by atoms with Crippen molar-refractivity contribution in [2.45, 2.75) is 13.0 Å². The summed E-state index contributed by atoms with van der Waals surface area (Å²) in [4.78, 5) is 34.0. The van der Waals surface area contributed by atoms with Crippen LogP contribution >= 0.6 is 0 Å². The lowest BCUT2D eigenvalue weighted by molar-refractivity contribution is -0.161. The standard InChI is InChI=1S/C12H12O5/c1-8(11(14)16-2)17-12(15)10(13)9-6-4-3-5-7-9/h3-8H,1-2H3/t8-/m0/s1. The third-order valence-electron chi connectivity index (χ3n) is 2.04. The third kappa shape index (κ3) is 3.41. The molecule has 5 nitrogen and oxygen atoms in total. The van der Waals surface area contributed by atoms with Crippen LogP contribution in [0.3, 0.4) is 0 Å². The summed E-state index contributed by atoms with van der Waals surface area (Å²) < 4.78 is 9.03. The predicted molar refractivity (Wildman–Crippen MR) is 58.3 cm³/mol. The minimum Gasteiger partial charge on any atom is -0.466 e. The predicted octanol–water partition coefficient (Wildman–Crippen LogP) is 0.974. The molecular formula is C12H12O5. The maximum Gasteiger partial charge on any atom is 0.380 e. The molecule has 0 bridgehead atoms. The summed E-state index contributed by atoms with van der Waals surface area (Å²) in [5, 5.41) is 0. The van der Waals surface area contributed by atoms with Gasteiger partial charge in [-0.1, -0.05) is 30.3 Å². The van der Waals surface area contributed by atoms with Crippen LogP contribution in [0.4, 0.5) is 0 Å². The van der Waals surface area contributed by atoms with Gasteiger partial charge in [0.1, 0.15) is 0 Å². The average Bonchev–Trinajstić information content (AvgIpc) is 2.37. The fourth-order valence-electron chi connectivity index (χ4n) is 1.14. The summed E-state index contributed by atoms with van der Waals surface area (Å²) >= 11 is 0. The molecule has 0 radical (unpaired) electrons. The number of Topliss-reactive ketones (excluding diaryl/α,β-unsaturated/α-hetero) is 1. The Kier molecular flexibility index (Phi) is 4.39. The van der Waals surface area contributed by atoms with Gasteiger partial charge in [-0.05, 0) is 6.92 Å². The smallest absolute Gasteiger partial charge is 0.380 e. The van der Waals surface area contributed by atoms with Crippen molar-refractivity contribution in [3.05, 3.63) is 35.9 Å². The molecule has 0 unspecified atom stereocenters. The number of ether oxygens (including phenoxy) is 2. The second-order valence-corrected chi connectivity index (χ2v) is 3.27. The number of benzene rings is 1. The second-order valence-electron chi connectivity index (χ2n) is 3.27. The van der Waals surface area contributed by atoms with Crippen molar-refractivity contribution in [2.75, 3.05) is 7.11 Å². The topological polar surface area (TPSA) is 69.7 Å². The molecule has 0 amide bonds. The lowest BCUT2D eigenvalue weighted by Gasteiger charge is -2.09. The van der Waals surface area contributed by atoms with Crippen molar-refractivity contribution in [2.24, 2.45) is 0 Å². The van der Waals surface area contributed by atoms with Crippen molar-refractivity contribution in [1.29, 1.82) is 0 Å². The maximum absolute atomic E-state index is 11.6. The highest BCUT2D eigenvalue weighted by Gasteiger charge is 2.24. The lowest BCUT2D eigenvalue weighted by atomic mass is 10.1. The van der Waals surface area contributed by atoms with E-state index in [1.54, 1.807) is 18.2 Å². The fourth-order valence-corrected chi connectivity index (χ4v) is 1.14. The van der Waals surface area contributed by atoms with Crippen molar-refractivity contribution in [3.63, 3.8) is 0 Å². The maximum atomic E-state index is 11.6.